The standard InChI is InChI=1S/C28H27NO5/c1-17-6-2-8-19(14-17)29-25(32)16-33-20-9-3-7-18(15-20)26-27-21(30)10-4-12-23(27)34-24-13-5-11-22(31)28(24)26/h2-3,6-9,14-15,26H,4-5,10-13,16H2,1H3,(H,29,32). The van der Waals surface area contributed by atoms with E-state index in [2.05, 4.69) is 5.32 Å². The van der Waals surface area contributed by atoms with E-state index in [1.54, 1.807) is 6.07 Å². The molecule has 1 heterocycles. The fourth-order valence-corrected chi connectivity index (χ4v) is 5.00. The Hall–Kier alpha value is -3.67. The maximum Gasteiger partial charge on any atom is 0.262 e. The zero-order valence-corrected chi connectivity index (χ0v) is 19.2. The summed E-state index contributed by atoms with van der Waals surface area (Å²) in [5.41, 5.74) is 3.80. The minimum Gasteiger partial charge on any atom is -0.484 e. The van der Waals surface area contributed by atoms with Crippen molar-refractivity contribution < 1.29 is 23.9 Å². The van der Waals surface area contributed by atoms with Gasteiger partial charge in [-0.2, -0.15) is 0 Å². The van der Waals surface area contributed by atoms with Gasteiger partial charge in [-0.3, -0.25) is 14.4 Å². The van der Waals surface area contributed by atoms with Crippen molar-refractivity contribution in [1.82, 2.24) is 0 Å². The number of benzene rings is 2. The summed E-state index contributed by atoms with van der Waals surface area (Å²) in [6.07, 6.45) is 3.87. The highest BCUT2D eigenvalue weighted by Gasteiger charge is 2.41. The first-order chi connectivity index (χ1) is 16.5. The summed E-state index contributed by atoms with van der Waals surface area (Å²) >= 11 is 0. The molecule has 0 bridgehead atoms. The van der Waals surface area contributed by atoms with Gasteiger partial charge in [0.15, 0.2) is 18.2 Å². The summed E-state index contributed by atoms with van der Waals surface area (Å²) in [6, 6.07) is 14.9. The Bertz CT molecular complexity index is 1200. The van der Waals surface area contributed by atoms with Gasteiger partial charge in [-0.25, -0.2) is 0 Å². The Morgan fingerprint density at radius 3 is 2.29 bits per heavy atom. The van der Waals surface area contributed by atoms with Crippen LogP contribution in [0.15, 0.2) is 71.2 Å². The number of carbonyl (C=O) groups is 3. The molecule has 2 aromatic rings. The summed E-state index contributed by atoms with van der Waals surface area (Å²) in [5, 5.41) is 2.83. The van der Waals surface area contributed by atoms with Crippen molar-refractivity contribution in [3.8, 4) is 5.75 Å². The van der Waals surface area contributed by atoms with Gasteiger partial charge in [0.1, 0.15) is 17.3 Å². The van der Waals surface area contributed by atoms with Crippen molar-refractivity contribution in [1.29, 1.82) is 0 Å². The van der Waals surface area contributed by atoms with E-state index >= 15 is 0 Å². The number of allylic oxidation sites excluding steroid dienone is 4. The van der Waals surface area contributed by atoms with Crippen molar-refractivity contribution in [3.05, 3.63) is 82.3 Å². The smallest absolute Gasteiger partial charge is 0.262 e. The molecule has 0 fully saturated rings. The van der Waals surface area contributed by atoms with Crippen LogP contribution in [0.5, 0.6) is 5.75 Å². The molecule has 0 atom stereocenters. The Morgan fingerprint density at radius 1 is 0.941 bits per heavy atom. The van der Waals surface area contributed by atoms with Crippen LogP contribution in [0.25, 0.3) is 0 Å². The van der Waals surface area contributed by atoms with E-state index in [0.717, 1.165) is 29.7 Å². The maximum atomic E-state index is 12.9. The van der Waals surface area contributed by atoms with Crippen molar-refractivity contribution in [2.75, 3.05) is 11.9 Å². The molecule has 1 amide bonds. The molecule has 6 heteroatoms. The summed E-state index contributed by atoms with van der Waals surface area (Å²) < 4.78 is 11.9. The van der Waals surface area contributed by atoms with Gasteiger partial charge in [-0.1, -0.05) is 24.3 Å². The molecule has 0 saturated heterocycles. The number of ketones is 2. The number of aryl methyl sites for hydroxylation is 1. The molecule has 5 rings (SSSR count). The molecule has 0 radical (unpaired) electrons. The molecule has 34 heavy (non-hydrogen) atoms. The number of carbonyl (C=O) groups excluding carboxylic acids is 3. The molecule has 0 saturated carbocycles. The lowest BCUT2D eigenvalue weighted by Gasteiger charge is -2.36. The van der Waals surface area contributed by atoms with Crippen LogP contribution in [0.3, 0.4) is 0 Å². The summed E-state index contributed by atoms with van der Waals surface area (Å²) in [5.74, 6) is 1.31. The zero-order chi connectivity index (χ0) is 23.7. The SMILES string of the molecule is Cc1cccc(NC(=O)COc2cccc(C3C4=C(CCCC4=O)OC4=C3C(=O)CCC4)c2)c1. The lowest BCUT2D eigenvalue weighted by molar-refractivity contribution is -0.119. The monoisotopic (exact) mass is 457 g/mol. The van der Waals surface area contributed by atoms with Gasteiger partial charge < -0.3 is 14.8 Å². The lowest BCUT2D eigenvalue weighted by atomic mass is 9.73. The van der Waals surface area contributed by atoms with Crippen molar-refractivity contribution in [2.24, 2.45) is 0 Å². The van der Waals surface area contributed by atoms with Crippen molar-refractivity contribution in [2.45, 2.75) is 51.4 Å². The van der Waals surface area contributed by atoms with Crippen LogP contribution in [-0.2, 0) is 19.1 Å². The van der Waals surface area contributed by atoms with E-state index < -0.39 is 5.92 Å². The van der Waals surface area contributed by atoms with Gasteiger partial charge in [0, 0.05) is 48.4 Å². The normalized spacial score (nSPS) is 18.3. The number of anilines is 1. The fraction of sp³-hybridized carbons (Fsp3) is 0.321. The highest BCUT2D eigenvalue weighted by atomic mass is 16.5. The molecule has 174 valence electrons. The second-order valence-corrected chi connectivity index (χ2v) is 9.04. The number of amides is 1. The topological polar surface area (TPSA) is 81.7 Å². The third kappa shape index (κ3) is 4.40. The fourth-order valence-electron chi connectivity index (χ4n) is 5.00. The van der Waals surface area contributed by atoms with Crippen LogP contribution >= 0.6 is 0 Å². The van der Waals surface area contributed by atoms with E-state index in [1.165, 1.54) is 0 Å². The third-order valence-corrected chi connectivity index (χ3v) is 6.50. The largest absolute Gasteiger partial charge is 0.484 e. The Labute approximate surface area is 198 Å². The second kappa shape index (κ2) is 9.29. The van der Waals surface area contributed by atoms with E-state index in [0.29, 0.717) is 54.1 Å². The minimum atomic E-state index is -0.441. The predicted octanol–water partition coefficient (Wildman–Crippen LogP) is 5.14. The van der Waals surface area contributed by atoms with Crippen molar-refractivity contribution in [3.63, 3.8) is 0 Å². The van der Waals surface area contributed by atoms with Crippen LogP contribution in [0, 0.1) is 6.92 Å². The highest BCUT2D eigenvalue weighted by molar-refractivity contribution is 6.05. The number of nitrogens with one attached hydrogen (secondary N) is 1. The first kappa shape index (κ1) is 22.1. The van der Waals surface area contributed by atoms with Gasteiger partial charge in [-0.15, -0.1) is 0 Å². The maximum absolute atomic E-state index is 12.9. The summed E-state index contributed by atoms with van der Waals surface area (Å²) in [7, 11) is 0. The highest BCUT2D eigenvalue weighted by Crippen LogP contribution is 2.48. The van der Waals surface area contributed by atoms with Crippen LogP contribution < -0.4 is 10.1 Å². The summed E-state index contributed by atoms with van der Waals surface area (Å²) in [4.78, 5) is 38.3. The Kier molecular flexibility index (Phi) is 6.05. The third-order valence-electron chi connectivity index (χ3n) is 6.50. The first-order valence-electron chi connectivity index (χ1n) is 11.8. The average molecular weight is 458 g/mol. The van der Waals surface area contributed by atoms with E-state index in [4.69, 9.17) is 9.47 Å². The van der Waals surface area contributed by atoms with Gasteiger partial charge in [0.25, 0.3) is 5.91 Å². The summed E-state index contributed by atoms with van der Waals surface area (Å²) in [6.45, 7) is 1.81. The van der Waals surface area contributed by atoms with Gasteiger partial charge in [-0.05, 0) is 55.2 Å². The van der Waals surface area contributed by atoms with E-state index in [-0.39, 0.29) is 24.1 Å². The van der Waals surface area contributed by atoms with Gasteiger partial charge in [0.05, 0.1) is 0 Å². The number of rotatable bonds is 5. The van der Waals surface area contributed by atoms with E-state index in [9.17, 15) is 14.4 Å². The van der Waals surface area contributed by atoms with Gasteiger partial charge in [0.2, 0.25) is 0 Å². The number of hydrogen-bond acceptors (Lipinski definition) is 5. The van der Waals surface area contributed by atoms with Crippen LogP contribution in [0.4, 0.5) is 5.69 Å². The number of Topliss-reactive ketones (excluding diaryl/α,β-unsaturated/α-hetero) is 2. The molecule has 6 nitrogen and oxygen atoms in total. The molecule has 3 aliphatic rings. The second-order valence-electron chi connectivity index (χ2n) is 9.04. The predicted molar refractivity (Wildman–Crippen MR) is 127 cm³/mol. The lowest BCUT2D eigenvalue weighted by Crippen LogP contribution is -2.30. The molecule has 2 aromatic carbocycles. The Balaban J connectivity index is 1.39. The molecule has 0 unspecified atom stereocenters. The first-order valence-corrected chi connectivity index (χ1v) is 11.8. The molecule has 1 aliphatic heterocycles. The quantitative estimate of drug-likeness (QED) is 0.672. The van der Waals surface area contributed by atoms with Crippen LogP contribution in [0.2, 0.25) is 0 Å². The van der Waals surface area contributed by atoms with Crippen LogP contribution in [-0.4, -0.2) is 24.1 Å². The Morgan fingerprint density at radius 2 is 1.62 bits per heavy atom. The van der Waals surface area contributed by atoms with Gasteiger partial charge >= 0.3 is 0 Å². The molecule has 1 N–H and O–H groups in total. The van der Waals surface area contributed by atoms with Crippen LogP contribution in [0.1, 0.15) is 55.6 Å². The molecule has 2 aliphatic carbocycles. The zero-order valence-electron chi connectivity index (χ0n) is 19.2. The molecular weight excluding hydrogens is 430 g/mol. The molecular formula is C28H27NO5. The van der Waals surface area contributed by atoms with Crippen molar-refractivity contribution >= 4 is 23.2 Å². The van der Waals surface area contributed by atoms with E-state index in [1.807, 2.05) is 49.4 Å². The molecule has 0 aromatic heterocycles. The average Bonchev–Trinajstić information content (AvgIpc) is 2.82. The number of ether oxygens (including phenoxy) is 2. The number of hydrogen-bond donors (Lipinski definition) is 1. The minimum absolute atomic E-state index is 0.0417. The molecule has 0 spiro atoms.